The van der Waals surface area contributed by atoms with Gasteiger partial charge in [-0.25, -0.2) is 0 Å². The molecule has 5 rings (SSSR count). The molecule has 1 atom stereocenters. The number of thioether (sulfide) groups is 1. The Kier molecular flexibility index (Phi) is 5.61. The number of nitrogens with zero attached hydrogens (tertiary/aromatic N) is 2. The summed E-state index contributed by atoms with van der Waals surface area (Å²) in [4.78, 5) is 12.3. The molecule has 0 bridgehead atoms. The predicted molar refractivity (Wildman–Crippen MR) is 120 cm³/mol. The van der Waals surface area contributed by atoms with Crippen LogP contribution in [0, 0.1) is 0 Å². The van der Waals surface area contributed by atoms with Gasteiger partial charge in [-0.2, -0.15) is 0 Å². The van der Waals surface area contributed by atoms with Crippen LogP contribution in [0.1, 0.15) is 18.5 Å². The van der Waals surface area contributed by atoms with Gasteiger partial charge in [-0.15, -0.1) is 11.8 Å². The second-order valence-electron chi connectivity index (χ2n) is 7.52. The van der Waals surface area contributed by atoms with Crippen molar-refractivity contribution in [2.45, 2.75) is 24.9 Å². The molecule has 3 aromatic rings. The lowest BCUT2D eigenvalue weighted by atomic mass is 10.1. The predicted octanol–water partition coefficient (Wildman–Crippen LogP) is 3.80. The molecule has 0 amide bonds. The fourth-order valence-corrected chi connectivity index (χ4v) is 4.79. The molecule has 0 unspecified atom stereocenters. The van der Waals surface area contributed by atoms with Gasteiger partial charge in [0.05, 0.1) is 35.7 Å². The van der Waals surface area contributed by atoms with E-state index in [9.17, 15) is 5.11 Å². The maximum atomic E-state index is 9.40. The zero-order valence-corrected chi connectivity index (χ0v) is 17.3. The number of nitrogens with one attached hydrogen (secondary N) is 2. The largest absolute Gasteiger partial charge is 0.456 e. The molecule has 1 fully saturated rings. The summed E-state index contributed by atoms with van der Waals surface area (Å²) >= 11 is 1.67. The molecule has 3 N–H and O–H groups in total. The molecule has 8 heteroatoms. The Hall–Kier alpha value is -2.55. The second-order valence-corrected chi connectivity index (χ2v) is 8.53. The topological polar surface area (TPSA) is 91.8 Å². The molecule has 4 heterocycles. The maximum absolute atomic E-state index is 9.40. The summed E-state index contributed by atoms with van der Waals surface area (Å²) in [5.74, 6) is 2.26. The Balaban J connectivity index is 1.51. The van der Waals surface area contributed by atoms with Gasteiger partial charge in [-0.1, -0.05) is 0 Å². The lowest BCUT2D eigenvalue weighted by molar-refractivity contribution is 0.0905. The van der Waals surface area contributed by atoms with Crippen molar-refractivity contribution in [3.8, 4) is 11.5 Å². The van der Waals surface area contributed by atoms with E-state index in [-0.39, 0.29) is 12.6 Å². The molecule has 2 aliphatic rings. The lowest BCUT2D eigenvalue weighted by Crippen LogP contribution is -2.27. The zero-order chi connectivity index (χ0) is 20.3. The molecule has 0 saturated carbocycles. The minimum Gasteiger partial charge on any atom is -0.456 e. The summed E-state index contributed by atoms with van der Waals surface area (Å²) in [7, 11) is 0. The van der Waals surface area contributed by atoms with Crippen molar-refractivity contribution in [1.82, 2.24) is 9.97 Å². The van der Waals surface area contributed by atoms with Crippen LogP contribution in [0.15, 0.2) is 47.7 Å². The number of pyridine rings is 1. The van der Waals surface area contributed by atoms with Gasteiger partial charge < -0.3 is 24.9 Å². The molecule has 0 radical (unpaired) electrons. The smallest absolute Gasteiger partial charge is 0.145 e. The Labute approximate surface area is 178 Å². The van der Waals surface area contributed by atoms with E-state index in [1.54, 1.807) is 24.2 Å². The molecule has 1 aromatic carbocycles. The van der Waals surface area contributed by atoms with Gasteiger partial charge in [0.2, 0.25) is 0 Å². The van der Waals surface area contributed by atoms with Crippen molar-refractivity contribution in [2.24, 2.45) is 4.99 Å². The first-order valence-electron chi connectivity index (χ1n) is 10.2. The van der Waals surface area contributed by atoms with E-state index in [1.807, 2.05) is 24.3 Å². The summed E-state index contributed by atoms with van der Waals surface area (Å²) in [6, 6.07) is 10.2. The van der Waals surface area contributed by atoms with Crippen LogP contribution in [-0.2, 0) is 4.74 Å². The Morgan fingerprint density at radius 3 is 2.90 bits per heavy atom. The van der Waals surface area contributed by atoms with Crippen LogP contribution in [-0.4, -0.2) is 57.8 Å². The van der Waals surface area contributed by atoms with Gasteiger partial charge in [0.25, 0.3) is 0 Å². The minimum absolute atomic E-state index is 0.0271. The third-order valence-corrected chi connectivity index (χ3v) is 6.46. The molecule has 7 nitrogen and oxygen atoms in total. The van der Waals surface area contributed by atoms with E-state index in [2.05, 4.69) is 26.3 Å². The van der Waals surface area contributed by atoms with Crippen molar-refractivity contribution in [2.75, 3.05) is 30.9 Å². The van der Waals surface area contributed by atoms with E-state index in [0.29, 0.717) is 11.8 Å². The van der Waals surface area contributed by atoms with Crippen molar-refractivity contribution >= 4 is 33.4 Å². The van der Waals surface area contributed by atoms with Gasteiger partial charge in [0.15, 0.2) is 0 Å². The fraction of sp³-hybridized carbons (Fsp3) is 0.364. The Morgan fingerprint density at radius 2 is 2.13 bits per heavy atom. The maximum Gasteiger partial charge on any atom is 0.145 e. The number of H-pyrrole nitrogens is 1. The molecular weight excluding hydrogens is 400 g/mol. The van der Waals surface area contributed by atoms with Crippen molar-refractivity contribution < 1.29 is 14.6 Å². The monoisotopic (exact) mass is 424 g/mol. The Morgan fingerprint density at radius 1 is 1.23 bits per heavy atom. The molecule has 1 saturated heterocycles. The second kappa shape index (κ2) is 8.67. The summed E-state index contributed by atoms with van der Waals surface area (Å²) in [5, 5.41) is 15.1. The van der Waals surface area contributed by atoms with Gasteiger partial charge in [-0.3, -0.25) is 9.98 Å². The number of aromatic amines is 1. The molecule has 0 spiro atoms. The van der Waals surface area contributed by atoms with Gasteiger partial charge in [0, 0.05) is 42.7 Å². The number of aromatic nitrogens is 2. The number of aliphatic hydroxyl groups excluding tert-OH is 1. The normalized spacial score (nSPS) is 19.8. The number of aliphatic imine (C=N–C) groups is 1. The molecular formula is C22H24N4O3S. The van der Waals surface area contributed by atoms with E-state index in [4.69, 9.17) is 9.47 Å². The number of rotatable bonds is 6. The molecule has 0 aliphatic carbocycles. The molecule has 2 aromatic heterocycles. The highest BCUT2D eigenvalue weighted by Gasteiger charge is 2.22. The van der Waals surface area contributed by atoms with Crippen LogP contribution >= 0.6 is 11.8 Å². The number of hydrogen-bond acceptors (Lipinski definition) is 7. The summed E-state index contributed by atoms with van der Waals surface area (Å²) in [6.07, 6.45) is 5.39. The highest BCUT2D eigenvalue weighted by atomic mass is 32.2. The molecule has 30 heavy (non-hydrogen) atoms. The number of aliphatic hydroxyl groups is 1. The lowest BCUT2D eigenvalue weighted by Gasteiger charge is -2.24. The average Bonchev–Trinajstić information content (AvgIpc) is 3.42. The summed E-state index contributed by atoms with van der Waals surface area (Å²) in [6.45, 7) is 1.63. The van der Waals surface area contributed by atoms with Crippen molar-refractivity contribution in [3.05, 3.63) is 48.4 Å². The molecule has 2 aliphatic heterocycles. The van der Waals surface area contributed by atoms with Crippen LogP contribution in [0.3, 0.4) is 0 Å². The number of hydrogen-bond donors (Lipinski definition) is 3. The third kappa shape index (κ3) is 4.16. The van der Waals surface area contributed by atoms with E-state index in [1.165, 1.54) is 0 Å². The van der Waals surface area contributed by atoms with Gasteiger partial charge >= 0.3 is 0 Å². The fourth-order valence-electron chi connectivity index (χ4n) is 3.77. The highest BCUT2D eigenvalue weighted by molar-refractivity contribution is 8.14. The van der Waals surface area contributed by atoms with Crippen molar-refractivity contribution in [1.29, 1.82) is 0 Å². The van der Waals surface area contributed by atoms with Crippen molar-refractivity contribution in [3.63, 3.8) is 0 Å². The summed E-state index contributed by atoms with van der Waals surface area (Å²) < 4.78 is 11.6. The summed E-state index contributed by atoms with van der Waals surface area (Å²) in [5.41, 5.74) is 3.01. The zero-order valence-electron chi connectivity index (χ0n) is 16.5. The van der Waals surface area contributed by atoms with Crippen LogP contribution in [0.2, 0.25) is 0 Å². The minimum atomic E-state index is -0.0271. The standard InChI is InChI=1S/C22H24N4O3S/c27-12-16-13-30-22(25-16)20-9-14-8-18(29-17-2-1-5-23-11-17)10-19(21(14)26-20)24-15-3-6-28-7-4-15/h1-2,5,8-11,15-16,24,26-27H,3-4,6-7,12-13H2/t16-/m1/s1. The first-order valence-corrected chi connectivity index (χ1v) is 11.2. The van der Waals surface area contributed by atoms with E-state index >= 15 is 0 Å². The van der Waals surface area contributed by atoms with Crippen LogP contribution in [0.25, 0.3) is 10.9 Å². The van der Waals surface area contributed by atoms with Crippen LogP contribution < -0.4 is 10.1 Å². The first kappa shape index (κ1) is 19.4. The van der Waals surface area contributed by atoms with Crippen LogP contribution in [0.5, 0.6) is 11.5 Å². The van der Waals surface area contributed by atoms with Gasteiger partial charge in [-0.05, 0) is 37.1 Å². The average molecular weight is 425 g/mol. The molecule has 156 valence electrons. The number of ether oxygens (including phenoxy) is 2. The Bertz CT molecular complexity index is 1050. The highest BCUT2D eigenvalue weighted by Crippen LogP contribution is 2.35. The quantitative estimate of drug-likeness (QED) is 0.558. The number of anilines is 1. The van der Waals surface area contributed by atoms with E-state index in [0.717, 1.165) is 64.9 Å². The van der Waals surface area contributed by atoms with Gasteiger partial charge in [0.1, 0.15) is 16.5 Å². The van der Waals surface area contributed by atoms with Crippen LogP contribution in [0.4, 0.5) is 5.69 Å². The van der Waals surface area contributed by atoms with E-state index < -0.39 is 0 Å². The number of benzene rings is 1. The SMILES string of the molecule is OC[C@@H]1CSC(c2cc3cc(Oc4cccnc4)cc(NC4CCOCC4)c3[nH]2)=N1. The first-order chi connectivity index (χ1) is 14.8. The third-order valence-electron chi connectivity index (χ3n) is 5.31. The number of fused-ring (bicyclic) bond motifs is 1.